The van der Waals surface area contributed by atoms with Crippen LogP contribution in [0.2, 0.25) is 0 Å². The summed E-state index contributed by atoms with van der Waals surface area (Å²) in [6.07, 6.45) is 2.40. The molecular formula is C12H12BrN3O2. The van der Waals surface area contributed by atoms with Gasteiger partial charge in [0.2, 0.25) is 0 Å². The Morgan fingerprint density at radius 3 is 2.78 bits per heavy atom. The summed E-state index contributed by atoms with van der Waals surface area (Å²) in [6.45, 7) is 1.26. The lowest BCUT2D eigenvalue weighted by Crippen LogP contribution is -2.27. The van der Waals surface area contributed by atoms with Gasteiger partial charge in [-0.1, -0.05) is 15.9 Å². The molecule has 94 valence electrons. The van der Waals surface area contributed by atoms with E-state index in [2.05, 4.69) is 21.0 Å². The van der Waals surface area contributed by atoms with Gasteiger partial charge in [-0.2, -0.15) is 5.10 Å². The second kappa shape index (κ2) is 4.70. The van der Waals surface area contributed by atoms with Crippen LogP contribution in [0.3, 0.4) is 0 Å². The standard InChI is InChI=1S/C12H12BrN3O2/c13-9-1-3-10(4-2-9)15-8-14-16(12(15)17)11-5-6-18-7-11/h1-4,8,11H,5-7H2/t11-/m0/s1. The monoisotopic (exact) mass is 309 g/mol. The predicted molar refractivity (Wildman–Crippen MR) is 70.0 cm³/mol. The molecule has 0 radical (unpaired) electrons. The number of rotatable bonds is 2. The van der Waals surface area contributed by atoms with E-state index in [1.54, 1.807) is 10.9 Å². The molecule has 1 aromatic carbocycles. The zero-order valence-corrected chi connectivity index (χ0v) is 11.2. The van der Waals surface area contributed by atoms with Crippen LogP contribution in [0.15, 0.2) is 39.9 Å². The molecule has 0 N–H and O–H groups in total. The average molecular weight is 310 g/mol. The fourth-order valence-corrected chi connectivity index (χ4v) is 2.32. The highest BCUT2D eigenvalue weighted by Crippen LogP contribution is 2.16. The molecular weight excluding hydrogens is 298 g/mol. The van der Waals surface area contributed by atoms with E-state index in [1.165, 1.54) is 4.68 Å². The van der Waals surface area contributed by atoms with Gasteiger partial charge in [0.25, 0.3) is 0 Å². The molecule has 0 unspecified atom stereocenters. The Bertz CT molecular complexity index is 597. The van der Waals surface area contributed by atoms with E-state index in [0.717, 1.165) is 16.6 Å². The first-order valence-electron chi connectivity index (χ1n) is 5.75. The Labute approximate surface area is 112 Å². The molecule has 0 aliphatic carbocycles. The minimum absolute atomic E-state index is 0.0641. The van der Waals surface area contributed by atoms with Crippen LogP contribution in [0.1, 0.15) is 12.5 Å². The highest BCUT2D eigenvalue weighted by molar-refractivity contribution is 9.10. The number of ether oxygens (including phenoxy) is 1. The molecule has 2 aromatic rings. The maximum atomic E-state index is 12.2. The largest absolute Gasteiger partial charge is 0.379 e. The molecule has 1 aliphatic heterocycles. The van der Waals surface area contributed by atoms with Crippen LogP contribution in [0.4, 0.5) is 0 Å². The minimum atomic E-state index is -0.118. The molecule has 18 heavy (non-hydrogen) atoms. The topological polar surface area (TPSA) is 49.0 Å². The van der Waals surface area contributed by atoms with Gasteiger partial charge in [-0.3, -0.25) is 0 Å². The first-order valence-corrected chi connectivity index (χ1v) is 6.55. The van der Waals surface area contributed by atoms with Gasteiger partial charge in [-0.05, 0) is 30.7 Å². The molecule has 1 fully saturated rings. The fraction of sp³-hybridized carbons (Fsp3) is 0.333. The molecule has 3 rings (SSSR count). The summed E-state index contributed by atoms with van der Waals surface area (Å²) in [5.74, 6) is 0. The Hall–Kier alpha value is -1.40. The molecule has 0 spiro atoms. The molecule has 5 nitrogen and oxygen atoms in total. The lowest BCUT2D eigenvalue weighted by molar-refractivity contribution is 0.183. The van der Waals surface area contributed by atoms with Crippen LogP contribution >= 0.6 is 15.9 Å². The van der Waals surface area contributed by atoms with Crippen molar-refractivity contribution < 1.29 is 4.74 Å². The SMILES string of the molecule is O=c1n(-c2ccc(Br)cc2)cnn1[C@H]1CCOC1. The molecule has 6 heteroatoms. The van der Waals surface area contributed by atoms with Crippen LogP contribution < -0.4 is 5.69 Å². The number of benzene rings is 1. The fourth-order valence-electron chi connectivity index (χ4n) is 2.06. The number of halogens is 1. The summed E-state index contributed by atoms with van der Waals surface area (Å²) in [4.78, 5) is 12.2. The Kier molecular flexibility index (Phi) is 3.05. The van der Waals surface area contributed by atoms with E-state index in [9.17, 15) is 4.79 Å². The number of hydrogen-bond acceptors (Lipinski definition) is 3. The van der Waals surface area contributed by atoms with E-state index in [1.807, 2.05) is 24.3 Å². The Morgan fingerprint density at radius 2 is 2.11 bits per heavy atom. The molecule has 1 saturated heterocycles. The van der Waals surface area contributed by atoms with Crippen LogP contribution in [0.25, 0.3) is 5.69 Å². The van der Waals surface area contributed by atoms with Gasteiger partial charge < -0.3 is 4.74 Å². The maximum absolute atomic E-state index is 12.2. The molecule has 0 bridgehead atoms. The van der Waals surface area contributed by atoms with E-state index in [4.69, 9.17) is 4.74 Å². The van der Waals surface area contributed by atoms with E-state index < -0.39 is 0 Å². The second-order valence-corrected chi connectivity index (χ2v) is 5.14. The van der Waals surface area contributed by atoms with Gasteiger partial charge in [-0.15, -0.1) is 0 Å². The van der Waals surface area contributed by atoms with Crippen LogP contribution in [-0.2, 0) is 4.74 Å². The normalized spacial score (nSPS) is 19.3. The first kappa shape index (κ1) is 11.7. The van der Waals surface area contributed by atoms with Crippen molar-refractivity contribution in [1.29, 1.82) is 0 Å². The summed E-state index contributed by atoms with van der Waals surface area (Å²) < 4.78 is 9.32. The Morgan fingerprint density at radius 1 is 1.33 bits per heavy atom. The van der Waals surface area contributed by atoms with Crippen molar-refractivity contribution in [2.24, 2.45) is 0 Å². The summed E-state index contributed by atoms with van der Waals surface area (Å²) in [7, 11) is 0. The van der Waals surface area contributed by atoms with E-state index in [0.29, 0.717) is 13.2 Å². The van der Waals surface area contributed by atoms with Crippen molar-refractivity contribution in [3.8, 4) is 5.69 Å². The molecule has 0 saturated carbocycles. The molecule has 1 aliphatic rings. The number of nitrogens with zero attached hydrogens (tertiary/aromatic N) is 3. The third-order valence-electron chi connectivity index (χ3n) is 3.05. The molecule has 1 atom stereocenters. The molecule has 2 heterocycles. The third-order valence-corrected chi connectivity index (χ3v) is 3.58. The van der Waals surface area contributed by atoms with Gasteiger partial charge in [0.05, 0.1) is 18.3 Å². The van der Waals surface area contributed by atoms with Gasteiger partial charge >= 0.3 is 5.69 Å². The zero-order valence-electron chi connectivity index (χ0n) is 9.62. The molecule has 0 amide bonds. The van der Waals surface area contributed by atoms with Crippen molar-refractivity contribution in [2.75, 3.05) is 13.2 Å². The highest BCUT2D eigenvalue weighted by Gasteiger charge is 2.21. The zero-order chi connectivity index (χ0) is 12.5. The molecule has 1 aromatic heterocycles. The van der Waals surface area contributed by atoms with Crippen molar-refractivity contribution in [2.45, 2.75) is 12.5 Å². The van der Waals surface area contributed by atoms with Crippen molar-refractivity contribution in [3.63, 3.8) is 0 Å². The lowest BCUT2D eigenvalue weighted by atomic mass is 10.3. The number of hydrogen-bond donors (Lipinski definition) is 0. The van der Waals surface area contributed by atoms with Gasteiger partial charge in [0.1, 0.15) is 6.33 Å². The van der Waals surface area contributed by atoms with Crippen molar-refractivity contribution >= 4 is 15.9 Å². The maximum Gasteiger partial charge on any atom is 0.350 e. The third kappa shape index (κ3) is 2.02. The lowest BCUT2D eigenvalue weighted by Gasteiger charge is -2.05. The smallest absolute Gasteiger partial charge is 0.350 e. The predicted octanol–water partition coefficient (Wildman–Crippen LogP) is 1.76. The Balaban J connectivity index is 1.98. The van der Waals surface area contributed by atoms with Crippen molar-refractivity contribution in [1.82, 2.24) is 14.3 Å². The second-order valence-electron chi connectivity index (χ2n) is 4.22. The van der Waals surface area contributed by atoms with Gasteiger partial charge in [0.15, 0.2) is 0 Å². The summed E-state index contributed by atoms with van der Waals surface area (Å²) in [6, 6.07) is 7.62. The van der Waals surface area contributed by atoms with Crippen LogP contribution in [0, 0.1) is 0 Å². The van der Waals surface area contributed by atoms with E-state index in [-0.39, 0.29) is 11.7 Å². The van der Waals surface area contributed by atoms with Gasteiger partial charge in [-0.25, -0.2) is 14.0 Å². The highest BCUT2D eigenvalue weighted by atomic mass is 79.9. The first-order chi connectivity index (χ1) is 8.75. The average Bonchev–Trinajstić information content (AvgIpc) is 2.99. The van der Waals surface area contributed by atoms with Crippen LogP contribution in [-0.4, -0.2) is 27.6 Å². The summed E-state index contributed by atoms with van der Waals surface area (Å²) in [5, 5.41) is 4.17. The quantitative estimate of drug-likeness (QED) is 0.849. The summed E-state index contributed by atoms with van der Waals surface area (Å²) >= 11 is 3.37. The van der Waals surface area contributed by atoms with Crippen LogP contribution in [0.5, 0.6) is 0 Å². The van der Waals surface area contributed by atoms with Crippen molar-refractivity contribution in [3.05, 3.63) is 45.5 Å². The van der Waals surface area contributed by atoms with E-state index >= 15 is 0 Å². The minimum Gasteiger partial charge on any atom is -0.379 e. The summed E-state index contributed by atoms with van der Waals surface area (Å²) in [5.41, 5.74) is 0.696. The number of aromatic nitrogens is 3. The van der Waals surface area contributed by atoms with Gasteiger partial charge in [0, 0.05) is 11.1 Å².